The molecule has 0 aromatic carbocycles. The molecule has 3 amide bonds. The molecule has 2 aliphatic heterocycles. The minimum Gasteiger partial charge on any atom is -0.464 e. The van der Waals surface area contributed by atoms with E-state index in [9.17, 15) is 33.6 Å². The molecule has 16 heteroatoms. The third kappa shape index (κ3) is 6.87. The number of pyridine rings is 1. The molecule has 41 heavy (non-hydrogen) atoms. The van der Waals surface area contributed by atoms with E-state index in [1.807, 2.05) is 0 Å². The van der Waals surface area contributed by atoms with Gasteiger partial charge in [-0.25, -0.2) is 9.59 Å². The molecule has 1 fully saturated rings. The minimum atomic E-state index is -1.60. The zero-order valence-corrected chi connectivity index (χ0v) is 23.7. The van der Waals surface area contributed by atoms with Gasteiger partial charge in [0.25, 0.3) is 11.8 Å². The van der Waals surface area contributed by atoms with Crippen LogP contribution in [0, 0.1) is 0 Å². The normalized spacial score (nSPS) is 18.4. The zero-order chi connectivity index (χ0) is 30.4. The van der Waals surface area contributed by atoms with E-state index in [2.05, 4.69) is 5.32 Å². The first kappa shape index (κ1) is 31.2. The summed E-state index contributed by atoms with van der Waals surface area (Å²) in [4.78, 5) is 89.6. The maximum Gasteiger partial charge on any atom is 0.356 e. The molecule has 0 aliphatic carbocycles. The number of nitrogen functional groups attached to an aromatic ring is 1. The number of carbonyl (C=O) groups is 6. The number of nitrogens with zero attached hydrogens (tertiary/aromatic N) is 3. The second kappa shape index (κ2) is 13.3. The number of thioether (sulfide) groups is 1. The lowest BCUT2D eigenvalue weighted by Gasteiger charge is -2.49. The van der Waals surface area contributed by atoms with Gasteiger partial charge < -0.3 is 34.7 Å². The first-order valence-electron chi connectivity index (χ1n) is 12.6. The number of rotatable bonds is 11. The van der Waals surface area contributed by atoms with Crippen LogP contribution >= 0.6 is 11.8 Å². The summed E-state index contributed by atoms with van der Waals surface area (Å²) in [5, 5.41) is 1.77. The molecule has 15 nitrogen and oxygen atoms in total. The Morgan fingerprint density at radius 3 is 2.49 bits per heavy atom. The van der Waals surface area contributed by atoms with Gasteiger partial charge in [0.05, 0.1) is 12.3 Å². The van der Waals surface area contributed by atoms with Gasteiger partial charge in [-0.15, -0.1) is 11.8 Å². The van der Waals surface area contributed by atoms with Crippen LogP contribution in [0.2, 0.25) is 0 Å². The van der Waals surface area contributed by atoms with E-state index in [1.54, 1.807) is 13.8 Å². The van der Waals surface area contributed by atoms with Crippen molar-refractivity contribution in [3.8, 4) is 0 Å². The molecule has 3 heterocycles. The van der Waals surface area contributed by atoms with Crippen molar-refractivity contribution in [3.63, 3.8) is 0 Å². The molecule has 3 rings (SSSR count). The Hall–Kier alpha value is -4.34. The summed E-state index contributed by atoms with van der Waals surface area (Å²) >= 11 is 1.20. The number of ether oxygens (including phenoxy) is 3. The van der Waals surface area contributed by atoms with Crippen LogP contribution < -0.4 is 16.5 Å². The third-order valence-corrected chi connectivity index (χ3v) is 7.47. The van der Waals surface area contributed by atoms with Crippen molar-refractivity contribution in [1.29, 1.82) is 0 Å². The predicted octanol–water partition coefficient (Wildman–Crippen LogP) is -0.879. The van der Waals surface area contributed by atoms with Crippen molar-refractivity contribution in [3.05, 3.63) is 40.0 Å². The average Bonchev–Trinajstić information content (AvgIpc) is 2.94. The molecule has 0 radical (unpaired) electrons. The monoisotopic (exact) mass is 593 g/mol. The molecular weight excluding hydrogens is 562 g/mol. The van der Waals surface area contributed by atoms with Crippen molar-refractivity contribution in [1.82, 2.24) is 19.7 Å². The van der Waals surface area contributed by atoms with E-state index < -0.39 is 52.6 Å². The summed E-state index contributed by atoms with van der Waals surface area (Å²) in [5.74, 6) is -4.15. The predicted molar refractivity (Wildman–Crippen MR) is 143 cm³/mol. The molecule has 3 N–H and O–H groups in total. The molecule has 1 saturated heterocycles. The highest BCUT2D eigenvalue weighted by molar-refractivity contribution is 8.00. The molecule has 2 aliphatic rings. The highest BCUT2D eigenvalue weighted by Gasteiger charge is 2.55. The van der Waals surface area contributed by atoms with Crippen molar-refractivity contribution >= 4 is 53.1 Å². The number of hydrogen-bond acceptors (Lipinski definition) is 12. The zero-order valence-electron chi connectivity index (χ0n) is 22.9. The minimum absolute atomic E-state index is 0.0344. The van der Waals surface area contributed by atoms with E-state index in [-0.39, 0.29) is 49.4 Å². The Balaban J connectivity index is 1.84. The summed E-state index contributed by atoms with van der Waals surface area (Å²) < 4.78 is 16.4. The van der Waals surface area contributed by atoms with Crippen molar-refractivity contribution in [2.75, 3.05) is 38.5 Å². The number of nitrogens with one attached hydrogen (secondary N) is 1. The van der Waals surface area contributed by atoms with Gasteiger partial charge in [-0.2, -0.15) is 0 Å². The molecule has 1 aromatic rings. The van der Waals surface area contributed by atoms with Gasteiger partial charge in [-0.05, 0) is 6.92 Å². The largest absolute Gasteiger partial charge is 0.464 e. The fourth-order valence-electron chi connectivity index (χ4n) is 4.03. The van der Waals surface area contributed by atoms with Crippen LogP contribution in [0.4, 0.5) is 5.69 Å². The van der Waals surface area contributed by atoms with Gasteiger partial charge in [0.2, 0.25) is 17.4 Å². The van der Waals surface area contributed by atoms with Crippen molar-refractivity contribution in [2.45, 2.75) is 44.6 Å². The van der Waals surface area contributed by atoms with Crippen LogP contribution in [0.1, 0.15) is 33.2 Å². The fraction of sp³-hybridized carbons (Fsp3) is 0.480. The van der Waals surface area contributed by atoms with Crippen molar-refractivity contribution in [2.24, 2.45) is 0 Å². The first-order valence-corrected chi connectivity index (χ1v) is 13.6. The van der Waals surface area contributed by atoms with Crippen LogP contribution in [-0.2, 0) is 43.0 Å². The lowest BCUT2D eigenvalue weighted by atomic mass is 10.0. The van der Waals surface area contributed by atoms with Crippen LogP contribution in [0.5, 0.6) is 0 Å². The molecule has 0 saturated carbocycles. The van der Waals surface area contributed by atoms with Crippen LogP contribution in [0.25, 0.3) is 0 Å². The fourth-order valence-corrected chi connectivity index (χ4v) is 5.36. The van der Waals surface area contributed by atoms with E-state index >= 15 is 0 Å². The summed E-state index contributed by atoms with van der Waals surface area (Å²) in [7, 11) is 1.45. The number of aromatic nitrogens is 1. The van der Waals surface area contributed by atoms with E-state index in [1.165, 1.54) is 36.8 Å². The maximum atomic E-state index is 13.3. The molecule has 3 atom stereocenters. The number of hydrogen-bond donors (Lipinski definition) is 2. The highest BCUT2D eigenvalue weighted by atomic mass is 32.2. The SMILES string of the molecule is CCOC(=O)C(C(=O)N[C@@H]1C(=O)N2C(C(=O)OCN(C)C(=O)CC)=C(COC(C)=O)CS[C@H]12)n1ccc(=O)c(N)c1. The summed E-state index contributed by atoms with van der Waals surface area (Å²) in [6, 6.07) is -1.65. The number of β-lactam (4-membered cyclic amide) rings is 1. The average molecular weight is 594 g/mol. The van der Waals surface area contributed by atoms with Gasteiger partial charge in [0, 0.05) is 50.2 Å². The standard InChI is InChI=1S/C25H31N5O10S/c1-5-17(33)28(4)12-40-24(36)19-14(10-39-13(3)31)11-41-23-18(22(35)30(19)23)27-21(34)20(25(37)38-6-2)29-8-7-16(32)15(26)9-29/h7-9,18,20,23H,5-6,10-12,26H2,1-4H3,(H,27,34)/t18-,20?,23-/m1/s1. The maximum absolute atomic E-state index is 13.3. The van der Waals surface area contributed by atoms with Crippen LogP contribution in [0.15, 0.2) is 34.5 Å². The van der Waals surface area contributed by atoms with Gasteiger partial charge in [-0.1, -0.05) is 6.92 Å². The Kier molecular flexibility index (Phi) is 10.2. The number of amides is 3. The third-order valence-electron chi connectivity index (χ3n) is 6.13. The van der Waals surface area contributed by atoms with Crippen LogP contribution in [0.3, 0.4) is 0 Å². The second-order valence-corrected chi connectivity index (χ2v) is 10.1. The summed E-state index contributed by atoms with van der Waals surface area (Å²) in [6.45, 7) is 3.71. The molecule has 1 unspecified atom stereocenters. The Labute approximate surface area is 238 Å². The molecule has 0 bridgehead atoms. The number of esters is 3. The molecule has 1 aromatic heterocycles. The second-order valence-electron chi connectivity index (χ2n) is 9.00. The lowest BCUT2D eigenvalue weighted by Crippen LogP contribution is -2.71. The number of fused-ring (bicyclic) bond motifs is 1. The van der Waals surface area contributed by atoms with Crippen molar-refractivity contribution < 1.29 is 43.0 Å². The first-order chi connectivity index (χ1) is 19.4. The van der Waals surface area contributed by atoms with Crippen LogP contribution in [-0.4, -0.2) is 94.2 Å². The summed E-state index contributed by atoms with van der Waals surface area (Å²) in [5.41, 5.74) is 5.11. The highest BCUT2D eigenvalue weighted by Crippen LogP contribution is 2.41. The Morgan fingerprint density at radius 1 is 1.17 bits per heavy atom. The number of nitrogens with two attached hydrogens (primary N) is 1. The van der Waals surface area contributed by atoms with Gasteiger partial charge in [0.15, 0.2) is 6.73 Å². The quantitative estimate of drug-likeness (QED) is 0.106. The molecule has 0 spiro atoms. The van der Waals surface area contributed by atoms with E-state index in [0.717, 1.165) is 21.7 Å². The molecule has 222 valence electrons. The summed E-state index contributed by atoms with van der Waals surface area (Å²) in [6.07, 6.45) is 2.51. The van der Waals surface area contributed by atoms with Gasteiger partial charge >= 0.3 is 17.9 Å². The molecular formula is C25H31N5O10S. The smallest absolute Gasteiger partial charge is 0.356 e. The Morgan fingerprint density at radius 2 is 1.88 bits per heavy atom. The van der Waals surface area contributed by atoms with E-state index in [4.69, 9.17) is 19.9 Å². The number of anilines is 1. The van der Waals surface area contributed by atoms with Gasteiger partial charge in [0.1, 0.15) is 23.7 Å². The van der Waals surface area contributed by atoms with Gasteiger partial charge in [-0.3, -0.25) is 28.9 Å². The van der Waals surface area contributed by atoms with E-state index in [0.29, 0.717) is 5.57 Å². The topological polar surface area (TPSA) is 197 Å². The lowest BCUT2D eigenvalue weighted by molar-refractivity contribution is -0.158. The number of carbonyl (C=O) groups excluding carboxylic acids is 6. The Bertz CT molecular complexity index is 1340.